The zero-order valence-corrected chi connectivity index (χ0v) is 18.5. The van der Waals surface area contributed by atoms with Crippen LogP contribution in [0.15, 0.2) is 52.9 Å². The second-order valence-electron chi connectivity index (χ2n) is 6.65. The van der Waals surface area contributed by atoms with Gasteiger partial charge in [0.05, 0.1) is 18.1 Å². The van der Waals surface area contributed by atoms with Gasteiger partial charge in [0, 0.05) is 18.4 Å². The van der Waals surface area contributed by atoms with Crippen LogP contribution in [0.1, 0.15) is 74.6 Å². The molecule has 0 atom stereocenters. The standard InChI is InChI=1S/C22H28FN3O3.CH5N/c1-3-9-16(27)14-17(18(23)4-2)19-15-25-21(26-19)11-8-6-5-7-10-20(28)22-24-12-13-29-22;1-2/h4,9,12-15,27H,3,5-8,10-11H2,1-2H3,(H,25,26);2H2,1H3/b16-9-,17-14+,18-4+;. The van der Waals surface area contributed by atoms with Crippen LogP contribution in [-0.2, 0) is 6.42 Å². The molecule has 31 heavy (non-hydrogen) atoms. The Morgan fingerprint density at radius 1 is 1.26 bits per heavy atom. The van der Waals surface area contributed by atoms with Crippen LogP contribution in [0.5, 0.6) is 0 Å². The molecule has 170 valence electrons. The number of carbonyl (C=O) groups excluding carboxylic acids is 1. The van der Waals surface area contributed by atoms with Crippen LogP contribution < -0.4 is 5.73 Å². The molecule has 2 aromatic rings. The van der Waals surface area contributed by atoms with Gasteiger partial charge in [-0.3, -0.25) is 4.79 Å². The molecular weight excluding hydrogens is 399 g/mol. The Bertz CT molecular complexity index is 867. The van der Waals surface area contributed by atoms with Crippen LogP contribution in [-0.4, -0.2) is 32.9 Å². The van der Waals surface area contributed by atoms with Gasteiger partial charge in [0.1, 0.15) is 23.7 Å². The molecule has 0 radical (unpaired) electrons. The predicted octanol–water partition coefficient (Wildman–Crippen LogP) is 5.46. The molecular formula is C23H33FN4O3. The third-order valence-electron chi connectivity index (χ3n) is 4.37. The van der Waals surface area contributed by atoms with Gasteiger partial charge in [-0.15, -0.1) is 0 Å². The van der Waals surface area contributed by atoms with E-state index in [4.69, 9.17) is 4.42 Å². The van der Waals surface area contributed by atoms with E-state index < -0.39 is 5.83 Å². The number of aryl methyl sites for hydroxylation is 1. The Hall–Kier alpha value is -3.00. The molecule has 0 unspecified atom stereocenters. The molecule has 0 bridgehead atoms. The monoisotopic (exact) mass is 432 g/mol. The first-order chi connectivity index (χ1) is 15.0. The van der Waals surface area contributed by atoms with Crippen molar-refractivity contribution in [3.05, 3.63) is 65.9 Å². The molecule has 0 saturated carbocycles. The van der Waals surface area contributed by atoms with Gasteiger partial charge >= 0.3 is 0 Å². The van der Waals surface area contributed by atoms with Crippen molar-refractivity contribution < 1.29 is 18.7 Å². The van der Waals surface area contributed by atoms with Crippen LogP contribution in [0.4, 0.5) is 4.39 Å². The van der Waals surface area contributed by atoms with Gasteiger partial charge in [0.25, 0.3) is 5.89 Å². The molecule has 0 aliphatic carbocycles. The number of hydrogen-bond donors (Lipinski definition) is 3. The van der Waals surface area contributed by atoms with Crippen molar-refractivity contribution in [1.29, 1.82) is 0 Å². The number of unbranched alkanes of at least 4 members (excludes halogenated alkanes) is 3. The molecule has 8 heteroatoms. The van der Waals surface area contributed by atoms with E-state index in [-0.39, 0.29) is 23.0 Å². The highest BCUT2D eigenvalue weighted by molar-refractivity contribution is 5.91. The summed E-state index contributed by atoms with van der Waals surface area (Å²) >= 11 is 0. The molecule has 0 aliphatic rings. The molecule has 0 aliphatic heterocycles. The van der Waals surface area contributed by atoms with E-state index in [0.717, 1.165) is 37.9 Å². The van der Waals surface area contributed by atoms with Crippen LogP contribution >= 0.6 is 0 Å². The first-order valence-corrected chi connectivity index (χ1v) is 10.5. The predicted molar refractivity (Wildman–Crippen MR) is 120 cm³/mol. The van der Waals surface area contributed by atoms with Gasteiger partial charge in [-0.2, -0.15) is 0 Å². The highest BCUT2D eigenvalue weighted by Crippen LogP contribution is 2.24. The van der Waals surface area contributed by atoms with Crippen LogP contribution in [0.2, 0.25) is 0 Å². The molecule has 0 aromatic carbocycles. The summed E-state index contributed by atoms with van der Waals surface area (Å²) in [6, 6.07) is 0. The van der Waals surface area contributed by atoms with E-state index in [2.05, 4.69) is 20.7 Å². The van der Waals surface area contributed by atoms with E-state index >= 15 is 0 Å². The summed E-state index contributed by atoms with van der Waals surface area (Å²) in [5.41, 5.74) is 5.31. The van der Waals surface area contributed by atoms with E-state index in [1.807, 2.05) is 6.92 Å². The highest BCUT2D eigenvalue weighted by atomic mass is 19.1. The second-order valence-corrected chi connectivity index (χ2v) is 6.65. The molecule has 0 fully saturated rings. The topological polar surface area (TPSA) is 118 Å². The maximum absolute atomic E-state index is 14.2. The minimum atomic E-state index is -0.424. The molecule has 2 heterocycles. The van der Waals surface area contributed by atoms with Crippen LogP contribution in [0.3, 0.4) is 0 Å². The van der Waals surface area contributed by atoms with Crippen LogP contribution in [0.25, 0.3) is 5.57 Å². The summed E-state index contributed by atoms with van der Waals surface area (Å²) in [5.74, 6) is 0.466. The lowest BCUT2D eigenvalue weighted by atomic mass is 10.1. The summed E-state index contributed by atoms with van der Waals surface area (Å²) in [6.07, 6.45) is 14.2. The normalized spacial score (nSPS) is 12.5. The lowest BCUT2D eigenvalue weighted by Crippen LogP contribution is -1.99. The number of Topliss-reactive ketones (excluding diaryl/α,β-unsaturated/α-hetero) is 1. The van der Waals surface area contributed by atoms with Gasteiger partial charge in [0.15, 0.2) is 0 Å². The summed E-state index contributed by atoms with van der Waals surface area (Å²) in [5, 5.41) is 9.88. The number of ketones is 1. The Balaban J connectivity index is 0.00000233. The number of aliphatic hydroxyl groups is 1. The lowest BCUT2D eigenvalue weighted by Gasteiger charge is -2.03. The smallest absolute Gasteiger partial charge is 0.263 e. The molecule has 2 aromatic heterocycles. The number of H-pyrrole nitrogens is 1. The van der Waals surface area contributed by atoms with Crippen molar-refractivity contribution >= 4 is 11.4 Å². The number of aromatic amines is 1. The number of hydrogen-bond acceptors (Lipinski definition) is 6. The Morgan fingerprint density at radius 2 is 2.00 bits per heavy atom. The lowest BCUT2D eigenvalue weighted by molar-refractivity contribution is 0.0945. The molecule has 7 nitrogen and oxygen atoms in total. The SMILES string of the molecule is CN.C\C=C(F)/C(=C\C(O)=C\CC)c1cnc(CCCCCCC(=O)c2ncco2)[nH]1. The summed E-state index contributed by atoms with van der Waals surface area (Å²) in [7, 11) is 1.50. The number of nitrogens with one attached hydrogen (secondary N) is 1. The van der Waals surface area contributed by atoms with Crippen molar-refractivity contribution in [2.75, 3.05) is 7.05 Å². The number of aromatic nitrogens is 3. The average Bonchev–Trinajstić information content (AvgIpc) is 3.48. The molecule has 4 N–H and O–H groups in total. The average molecular weight is 433 g/mol. The maximum atomic E-state index is 14.2. The molecule has 2 rings (SSSR count). The third-order valence-corrected chi connectivity index (χ3v) is 4.37. The minimum absolute atomic E-state index is 0.0231. The Morgan fingerprint density at radius 3 is 2.65 bits per heavy atom. The number of nitrogens with zero attached hydrogens (tertiary/aromatic N) is 2. The van der Waals surface area contributed by atoms with Crippen LogP contribution in [0, 0.1) is 0 Å². The maximum Gasteiger partial charge on any atom is 0.263 e. The number of nitrogens with two attached hydrogens (primary N) is 1. The number of allylic oxidation sites excluding steroid dienone is 5. The van der Waals surface area contributed by atoms with Gasteiger partial charge < -0.3 is 20.2 Å². The van der Waals surface area contributed by atoms with E-state index in [1.165, 1.54) is 31.7 Å². The Kier molecular flexibility index (Phi) is 12.5. The van der Waals surface area contributed by atoms with Gasteiger partial charge in [0.2, 0.25) is 5.78 Å². The number of imidazole rings is 1. The number of aliphatic hydroxyl groups excluding tert-OH is 1. The minimum Gasteiger partial charge on any atom is -0.508 e. The zero-order valence-electron chi connectivity index (χ0n) is 18.5. The summed E-state index contributed by atoms with van der Waals surface area (Å²) < 4.78 is 19.2. The number of carbonyl (C=O) groups is 1. The fourth-order valence-electron chi connectivity index (χ4n) is 2.87. The van der Waals surface area contributed by atoms with E-state index in [9.17, 15) is 14.3 Å². The van der Waals surface area contributed by atoms with Crippen molar-refractivity contribution in [2.24, 2.45) is 5.73 Å². The first kappa shape index (κ1) is 26.0. The fourth-order valence-corrected chi connectivity index (χ4v) is 2.87. The quantitative estimate of drug-likeness (QED) is 0.177. The number of halogens is 1. The van der Waals surface area contributed by atoms with Gasteiger partial charge in [-0.05, 0) is 45.4 Å². The van der Waals surface area contributed by atoms with Gasteiger partial charge in [-0.25, -0.2) is 14.4 Å². The second kappa shape index (κ2) is 14.9. The molecule has 0 saturated heterocycles. The van der Waals surface area contributed by atoms with Crippen molar-refractivity contribution in [2.45, 2.75) is 58.8 Å². The van der Waals surface area contributed by atoms with E-state index in [0.29, 0.717) is 18.5 Å². The van der Waals surface area contributed by atoms with Gasteiger partial charge in [-0.1, -0.05) is 25.8 Å². The highest BCUT2D eigenvalue weighted by Gasteiger charge is 2.12. The fraction of sp³-hybridized carbons (Fsp3) is 0.435. The largest absolute Gasteiger partial charge is 0.508 e. The van der Waals surface area contributed by atoms with Crippen molar-refractivity contribution in [3.8, 4) is 0 Å². The Labute approximate surface area is 183 Å². The van der Waals surface area contributed by atoms with E-state index in [1.54, 1.807) is 19.2 Å². The summed E-state index contributed by atoms with van der Waals surface area (Å²) in [6.45, 7) is 3.50. The zero-order chi connectivity index (χ0) is 23.1. The first-order valence-electron chi connectivity index (χ1n) is 10.5. The third kappa shape index (κ3) is 9.13. The van der Waals surface area contributed by atoms with Crippen molar-refractivity contribution in [1.82, 2.24) is 15.0 Å². The number of rotatable bonds is 12. The molecule has 0 amide bonds. The summed E-state index contributed by atoms with van der Waals surface area (Å²) in [4.78, 5) is 23.1. The number of oxazole rings is 1. The van der Waals surface area contributed by atoms with Crippen molar-refractivity contribution in [3.63, 3.8) is 0 Å². The molecule has 0 spiro atoms.